The van der Waals surface area contributed by atoms with Gasteiger partial charge in [-0.05, 0) is 40.0 Å². The number of carboxylic acids is 3. The topological polar surface area (TPSA) is 172 Å². The van der Waals surface area contributed by atoms with Gasteiger partial charge < -0.3 is 29.7 Å². The van der Waals surface area contributed by atoms with E-state index in [0.29, 0.717) is 19.3 Å². The molecule has 0 amide bonds. The summed E-state index contributed by atoms with van der Waals surface area (Å²) in [6.07, 6.45) is 0.951. The standard InChI is InChI=1S/3C6H10O3.Fe/c3*1-3-5(4(2)7)6(8)9;/h3*5H,3H2,1-2H3,(H,8,9);/q;;;+3/p-3. The van der Waals surface area contributed by atoms with Crippen molar-refractivity contribution in [2.75, 3.05) is 0 Å². The summed E-state index contributed by atoms with van der Waals surface area (Å²) in [5, 5.41) is 30.1. The molecule has 0 aromatic rings. The summed E-state index contributed by atoms with van der Waals surface area (Å²) >= 11 is 0. The molecule has 9 nitrogen and oxygen atoms in total. The molecular weight excluding hydrogens is 416 g/mol. The Kier molecular flexibility index (Phi) is 21.9. The Morgan fingerprint density at radius 2 is 0.679 bits per heavy atom. The van der Waals surface area contributed by atoms with Crippen LogP contribution in [0.5, 0.6) is 0 Å². The molecule has 0 rings (SSSR count). The second kappa shape index (κ2) is 18.3. The number of ketones is 3. The number of hydrogen-bond acceptors (Lipinski definition) is 9. The smallest absolute Gasteiger partial charge is 0.549 e. The molecule has 3 atom stereocenters. The average Bonchev–Trinajstić information content (AvgIpc) is 2.47. The van der Waals surface area contributed by atoms with Crippen LogP contribution in [0.25, 0.3) is 0 Å². The van der Waals surface area contributed by atoms with E-state index in [1.54, 1.807) is 20.8 Å². The summed E-state index contributed by atoms with van der Waals surface area (Å²) in [7, 11) is 0. The molecule has 0 saturated heterocycles. The van der Waals surface area contributed by atoms with Gasteiger partial charge in [-0.15, -0.1) is 0 Å². The average molecular weight is 443 g/mol. The molecule has 3 unspecified atom stereocenters. The first-order valence-corrected chi connectivity index (χ1v) is 8.42. The largest absolute Gasteiger partial charge is 3.00 e. The molecule has 0 spiro atoms. The van der Waals surface area contributed by atoms with Gasteiger partial charge in [0.2, 0.25) is 0 Å². The van der Waals surface area contributed by atoms with Crippen molar-refractivity contribution in [2.45, 2.75) is 60.8 Å². The van der Waals surface area contributed by atoms with Gasteiger partial charge in [-0.1, -0.05) is 20.8 Å². The quantitative estimate of drug-likeness (QED) is 0.290. The Hall–Kier alpha value is -2.06. The van der Waals surface area contributed by atoms with Crippen molar-refractivity contribution in [3.8, 4) is 0 Å². The first-order valence-electron chi connectivity index (χ1n) is 8.42. The van der Waals surface area contributed by atoms with E-state index >= 15 is 0 Å². The fourth-order valence-corrected chi connectivity index (χ4v) is 1.86. The zero-order valence-corrected chi connectivity index (χ0v) is 18.0. The molecule has 0 aliphatic heterocycles. The van der Waals surface area contributed by atoms with E-state index in [-0.39, 0.29) is 34.4 Å². The number of carboxylic acid groups (broad SMARTS) is 3. The van der Waals surface area contributed by atoms with E-state index in [2.05, 4.69) is 0 Å². The monoisotopic (exact) mass is 443 g/mol. The Morgan fingerprint density at radius 1 is 0.536 bits per heavy atom. The minimum absolute atomic E-state index is 0. The normalized spacial score (nSPS) is 12.2. The van der Waals surface area contributed by atoms with Gasteiger partial charge >= 0.3 is 17.1 Å². The SMILES string of the molecule is CCC(C(C)=O)C(=O)[O-].CCC(C(C)=O)C(=O)[O-].CCC(C(C)=O)C(=O)[O-].[Fe+3]. The van der Waals surface area contributed by atoms with Gasteiger partial charge in [0.25, 0.3) is 0 Å². The van der Waals surface area contributed by atoms with Crippen LogP contribution >= 0.6 is 0 Å². The molecule has 1 radical (unpaired) electrons. The Morgan fingerprint density at radius 3 is 0.679 bits per heavy atom. The number of carbonyl (C=O) groups excluding carboxylic acids is 6. The molecule has 28 heavy (non-hydrogen) atoms. The maximum Gasteiger partial charge on any atom is 3.00 e. The molecule has 0 heterocycles. The van der Waals surface area contributed by atoms with Gasteiger partial charge in [-0.3, -0.25) is 14.4 Å². The Bertz CT molecular complexity index is 425. The first-order chi connectivity index (χ1) is 12.3. The summed E-state index contributed by atoms with van der Waals surface area (Å²) in [5.74, 6) is -7.56. The Labute approximate surface area is 175 Å². The van der Waals surface area contributed by atoms with E-state index in [1.807, 2.05) is 0 Å². The molecule has 10 heteroatoms. The van der Waals surface area contributed by atoms with Gasteiger partial charge in [0.05, 0.1) is 35.7 Å². The van der Waals surface area contributed by atoms with Crippen LogP contribution in [-0.2, 0) is 45.8 Å². The Balaban J connectivity index is -0.000000152. The number of carbonyl (C=O) groups is 6. The van der Waals surface area contributed by atoms with Gasteiger partial charge in [0, 0.05) is 0 Å². The molecule has 0 aliphatic carbocycles. The van der Waals surface area contributed by atoms with Gasteiger partial charge in [-0.2, -0.15) is 0 Å². The zero-order valence-electron chi connectivity index (χ0n) is 16.9. The van der Waals surface area contributed by atoms with E-state index < -0.39 is 35.7 Å². The molecule has 0 aromatic carbocycles. The van der Waals surface area contributed by atoms with Crippen LogP contribution in [0.15, 0.2) is 0 Å². The first kappa shape index (κ1) is 33.5. The molecule has 0 bridgehead atoms. The van der Waals surface area contributed by atoms with Crippen molar-refractivity contribution in [3.05, 3.63) is 0 Å². The second-order valence-electron chi connectivity index (χ2n) is 5.67. The van der Waals surface area contributed by atoms with Crippen molar-refractivity contribution in [3.63, 3.8) is 0 Å². The summed E-state index contributed by atoms with van der Waals surface area (Å²) in [5.41, 5.74) is 0. The molecule has 0 saturated carbocycles. The molecular formula is C18H27FeO9. The third-order valence-electron chi connectivity index (χ3n) is 3.55. The van der Waals surface area contributed by atoms with Crippen molar-refractivity contribution < 1.29 is 61.2 Å². The van der Waals surface area contributed by atoms with Crippen molar-refractivity contribution in [1.29, 1.82) is 0 Å². The minimum atomic E-state index is -1.27. The maximum absolute atomic E-state index is 10.4. The van der Waals surface area contributed by atoms with Gasteiger partial charge in [0.15, 0.2) is 0 Å². The van der Waals surface area contributed by atoms with Crippen LogP contribution in [0.2, 0.25) is 0 Å². The van der Waals surface area contributed by atoms with E-state index in [0.717, 1.165) is 0 Å². The van der Waals surface area contributed by atoms with Gasteiger partial charge in [-0.25, -0.2) is 0 Å². The second-order valence-corrected chi connectivity index (χ2v) is 5.67. The molecule has 0 N–H and O–H groups in total. The summed E-state index contributed by atoms with van der Waals surface area (Å²) in [4.78, 5) is 61.3. The molecule has 0 aromatic heterocycles. The van der Waals surface area contributed by atoms with E-state index in [4.69, 9.17) is 0 Å². The number of rotatable bonds is 9. The van der Waals surface area contributed by atoms with E-state index in [1.165, 1.54) is 20.8 Å². The molecule has 161 valence electrons. The summed E-state index contributed by atoms with van der Waals surface area (Å²) in [6, 6.07) is 0. The van der Waals surface area contributed by atoms with Crippen LogP contribution in [0, 0.1) is 17.8 Å². The predicted octanol–water partition coefficient (Wildman–Crippen LogP) is -1.95. The van der Waals surface area contributed by atoms with Crippen molar-refractivity contribution in [1.82, 2.24) is 0 Å². The molecule has 0 aliphatic rings. The van der Waals surface area contributed by atoms with E-state index in [9.17, 15) is 44.1 Å². The van der Waals surface area contributed by atoms with Crippen molar-refractivity contribution in [2.24, 2.45) is 17.8 Å². The van der Waals surface area contributed by atoms with Gasteiger partial charge in [0.1, 0.15) is 17.3 Å². The number of Topliss-reactive ketones (excluding diaryl/α,β-unsaturated/α-hetero) is 3. The van der Waals surface area contributed by atoms with Crippen LogP contribution in [0.4, 0.5) is 0 Å². The van der Waals surface area contributed by atoms with Crippen LogP contribution in [0.3, 0.4) is 0 Å². The predicted molar refractivity (Wildman–Crippen MR) is 88.4 cm³/mol. The fraction of sp³-hybridized carbons (Fsp3) is 0.667. The number of hydrogen-bond donors (Lipinski definition) is 0. The maximum atomic E-state index is 10.4. The van der Waals surface area contributed by atoms with Crippen LogP contribution in [0.1, 0.15) is 60.8 Å². The summed E-state index contributed by atoms with van der Waals surface area (Å²) in [6.45, 7) is 8.68. The molecule has 0 fully saturated rings. The third-order valence-corrected chi connectivity index (χ3v) is 3.55. The van der Waals surface area contributed by atoms with Crippen molar-refractivity contribution >= 4 is 35.3 Å². The fourth-order valence-electron chi connectivity index (χ4n) is 1.86. The zero-order chi connectivity index (χ0) is 22.3. The van der Waals surface area contributed by atoms with Crippen LogP contribution < -0.4 is 15.3 Å². The third kappa shape index (κ3) is 16.1. The minimum Gasteiger partial charge on any atom is -0.549 e. The van der Waals surface area contributed by atoms with Crippen LogP contribution in [-0.4, -0.2) is 35.3 Å². The summed E-state index contributed by atoms with van der Waals surface area (Å²) < 4.78 is 0. The number of aliphatic carboxylic acids is 3.